The first-order chi connectivity index (χ1) is 14.4. The number of aromatic nitrogens is 2. The third kappa shape index (κ3) is 4.38. The van der Waals surface area contributed by atoms with E-state index in [4.69, 9.17) is 28.2 Å². The van der Waals surface area contributed by atoms with Gasteiger partial charge in [-0.15, -0.1) is 0 Å². The molecule has 1 aromatic heterocycles. The van der Waals surface area contributed by atoms with Crippen LogP contribution in [-0.4, -0.2) is 15.5 Å². The number of rotatable bonds is 5. The smallest absolute Gasteiger partial charge is 0.251 e. The Kier molecular flexibility index (Phi) is 6.14. The summed E-state index contributed by atoms with van der Waals surface area (Å²) in [4.78, 5) is 17.5. The molecule has 0 aliphatic carbocycles. The van der Waals surface area contributed by atoms with Gasteiger partial charge in [-0.3, -0.25) is 4.79 Å². The standard InChI is InChI=1S/C23H18BrCl2N3O/c1-14(27-23(30)16-5-4-6-17(24)12-16)22-28-20-7-2-3-8-21(20)29(22)13-15-9-10-18(25)19(26)11-15/h2-12,14H,13H2,1H3,(H,27,30). The fourth-order valence-corrected chi connectivity index (χ4v) is 4.11. The van der Waals surface area contributed by atoms with Gasteiger partial charge in [0.05, 0.1) is 27.1 Å². The number of carbonyl (C=O) groups excluding carboxylic acids is 1. The normalized spacial score (nSPS) is 12.1. The Balaban J connectivity index is 1.68. The highest BCUT2D eigenvalue weighted by Crippen LogP contribution is 2.26. The zero-order valence-electron chi connectivity index (χ0n) is 16.1. The number of carbonyl (C=O) groups is 1. The van der Waals surface area contributed by atoms with Crippen LogP contribution in [0.4, 0.5) is 0 Å². The van der Waals surface area contributed by atoms with Gasteiger partial charge in [-0.2, -0.15) is 0 Å². The molecule has 1 unspecified atom stereocenters. The highest BCUT2D eigenvalue weighted by atomic mass is 79.9. The predicted octanol–water partition coefficient (Wildman–Crippen LogP) is 6.64. The maximum atomic E-state index is 12.7. The van der Waals surface area contributed by atoms with Gasteiger partial charge in [0, 0.05) is 16.6 Å². The highest BCUT2D eigenvalue weighted by Gasteiger charge is 2.19. The van der Waals surface area contributed by atoms with Crippen LogP contribution in [0.25, 0.3) is 11.0 Å². The van der Waals surface area contributed by atoms with Crippen molar-refractivity contribution in [1.82, 2.24) is 14.9 Å². The van der Waals surface area contributed by atoms with E-state index in [0.29, 0.717) is 22.2 Å². The number of hydrogen-bond acceptors (Lipinski definition) is 2. The summed E-state index contributed by atoms with van der Waals surface area (Å²) in [5.74, 6) is 0.613. The molecule has 1 amide bonds. The van der Waals surface area contributed by atoms with Gasteiger partial charge >= 0.3 is 0 Å². The summed E-state index contributed by atoms with van der Waals surface area (Å²) < 4.78 is 2.95. The summed E-state index contributed by atoms with van der Waals surface area (Å²) in [5.41, 5.74) is 3.45. The zero-order valence-corrected chi connectivity index (χ0v) is 19.2. The van der Waals surface area contributed by atoms with E-state index in [0.717, 1.165) is 26.9 Å². The van der Waals surface area contributed by atoms with Crippen molar-refractivity contribution in [2.45, 2.75) is 19.5 Å². The van der Waals surface area contributed by atoms with E-state index >= 15 is 0 Å². The van der Waals surface area contributed by atoms with Crippen molar-refractivity contribution in [1.29, 1.82) is 0 Å². The van der Waals surface area contributed by atoms with Crippen LogP contribution < -0.4 is 5.32 Å². The van der Waals surface area contributed by atoms with Gasteiger partial charge < -0.3 is 9.88 Å². The molecule has 4 rings (SSSR count). The van der Waals surface area contributed by atoms with Gasteiger partial charge in [0.15, 0.2) is 0 Å². The molecule has 1 atom stereocenters. The van der Waals surface area contributed by atoms with Gasteiger partial charge in [-0.1, -0.05) is 63.4 Å². The van der Waals surface area contributed by atoms with E-state index in [1.165, 1.54) is 0 Å². The monoisotopic (exact) mass is 501 g/mol. The molecule has 0 radical (unpaired) electrons. The first-order valence-corrected chi connectivity index (χ1v) is 10.9. The number of nitrogens with zero attached hydrogens (tertiary/aromatic N) is 2. The van der Waals surface area contributed by atoms with E-state index in [-0.39, 0.29) is 11.9 Å². The van der Waals surface area contributed by atoms with Crippen molar-refractivity contribution in [3.63, 3.8) is 0 Å². The Morgan fingerprint density at radius 3 is 2.63 bits per heavy atom. The second-order valence-electron chi connectivity index (χ2n) is 7.00. The van der Waals surface area contributed by atoms with Crippen molar-refractivity contribution < 1.29 is 4.79 Å². The summed E-state index contributed by atoms with van der Waals surface area (Å²) in [6, 6.07) is 20.5. The van der Waals surface area contributed by atoms with Crippen LogP contribution in [0.15, 0.2) is 71.2 Å². The van der Waals surface area contributed by atoms with Crippen molar-refractivity contribution >= 4 is 56.1 Å². The van der Waals surface area contributed by atoms with Crippen molar-refractivity contribution in [2.75, 3.05) is 0 Å². The van der Waals surface area contributed by atoms with Gasteiger partial charge in [0.25, 0.3) is 5.91 Å². The fraction of sp³-hybridized carbons (Fsp3) is 0.130. The molecule has 0 saturated heterocycles. The lowest BCUT2D eigenvalue weighted by Gasteiger charge is -2.17. The van der Waals surface area contributed by atoms with Crippen molar-refractivity contribution in [2.24, 2.45) is 0 Å². The molecular weight excluding hydrogens is 485 g/mol. The van der Waals surface area contributed by atoms with E-state index in [2.05, 4.69) is 25.8 Å². The number of fused-ring (bicyclic) bond motifs is 1. The minimum Gasteiger partial charge on any atom is -0.342 e. The van der Waals surface area contributed by atoms with Crippen LogP contribution in [0.1, 0.15) is 34.7 Å². The Morgan fingerprint density at radius 1 is 1.07 bits per heavy atom. The highest BCUT2D eigenvalue weighted by molar-refractivity contribution is 9.10. The Bertz CT molecular complexity index is 1240. The molecule has 30 heavy (non-hydrogen) atoms. The lowest BCUT2D eigenvalue weighted by Crippen LogP contribution is -2.28. The Labute approximate surface area is 193 Å². The molecule has 152 valence electrons. The number of halogens is 3. The number of para-hydroxylation sites is 2. The molecule has 0 saturated carbocycles. The third-order valence-electron chi connectivity index (χ3n) is 4.83. The molecule has 0 aliphatic rings. The molecule has 3 aromatic carbocycles. The first kappa shape index (κ1) is 20.9. The molecule has 0 spiro atoms. The Hall–Kier alpha value is -2.34. The molecular formula is C23H18BrCl2N3O. The maximum absolute atomic E-state index is 12.7. The maximum Gasteiger partial charge on any atom is 0.251 e. The number of amides is 1. The molecule has 1 N–H and O–H groups in total. The number of imidazole rings is 1. The molecule has 4 aromatic rings. The van der Waals surface area contributed by atoms with E-state index in [1.54, 1.807) is 18.2 Å². The van der Waals surface area contributed by atoms with E-state index in [9.17, 15) is 4.79 Å². The van der Waals surface area contributed by atoms with Crippen molar-refractivity contribution in [3.05, 3.63) is 98.2 Å². The number of hydrogen-bond donors (Lipinski definition) is 1. The van der Waals surface area contributed by atoms with Crippen LogP contribution in [0.2, 0.25) is 10.0 Å². The number of nitrogens with one attached hydrogen (secondary N) is 1. The minimum absolute atomic E-state index is 0.156. The van der Waals surface area contributed by atoms with Crippen LogP contribution in [-0.2, 0) is 6.54 Å². The van der Waals surface area contributed by atoms with Crippen LogP contribution in [0.3, 0.4) is 0 Å². The molecule has 0 aliphatic heterocycles. The Morgan fingerprint density at radius 2 is 1.87 bits per heavy atom. The van der Waals surface area contributed by atoms with Crippen LogP contribution >= 0.6 is 39.1 Å². The van der Waals surface area contributed by atoms with Crippen LogP contribution in [0.5, 0.6) is 0 Å². The van der Waals surface area contributed by atoms with E-state index in [1.807, 2.05) is 55.5 Å². The second-order valence-corrected chi connectivity index (χ2v) is 8.73. The molecule has 1 heterocycles. The summed E-state index contributed by atoms with van der Waals surface area (Å²) >= 11 is 15.7. The molecule has 4 nitrogen and oxygen atoms in total. The van der Waals surface area contributed by atoms with Crippen molar-refractivity contribution in [3.8, 4) is 0 Å². The van der Waals surface area contributed by atoms with Gasteiger partial charge in [0.2, 0.25) is 0 Å². The molecule has 7 heteroatoms. The average molecular weight is 503 g/mol. The lowest BCUT2D eigenvalue weighted by atomic mass is 10.2. The second kappa shape index (κ2) is 8.80. The topological polar surface area (TPSA) is 46.9 Å². The summed E-state index contributed by atoms with van der Waals surface area (Å²) in [5, 5.41) is 4.09. The van der Waals surface area contributed by atoms with Gasteiger partial charge in [0.1, 0.15) is 5.82 Å². The third-order valence-corrected chi connectivity index (χ3v) is 6.06. The van der Waals surface area contributed by atoms with Gasteiger partial charge in [-0.25, -0.2) is 4.98 Å². The predicted molar refractivity (Wildman–Crippen MR) is 125 cm³/mol. The van der Waals surface area contributed by atoms with Gasteiger partial charge in [-0.05, 0) is 55.0 Å². The molecule has 0 fully saturated rings. The zero-order chi connectivity index (χ0) is 21.3. The quantitative estimate of drug-likeness (QED) is 0.332. The largest absolute Gasteiger partial charge is 0.342 e. The lowest BCUT2D eigenvalue weighted by molar-refractivity contribution is 0.0937. The molecule has 0 bridgehead atoms. The fourth-order valence-electron chi connectivity index (χ4n) is 3.39. The summed E-state index contributed by atoms with van der Waals surface area (Å²) in [6.07, 6.45) is 0. The van der Waals surface area contributed by atoms with E-state index < -0.39 is 0 Å². The minimum atomic E-state index is -0.299. The summed E-state index contributed by atoms with van der Waals surface area (Å²) in [6.45, 7) is 2.49. The number of benzene rings is 3. The van der Waals surface area contributed by atoms with Crippen LogP contribution in [0, 0.1) is 0 Å². The average Bonchev–Trinajstić information content (AvgIpc) is 3.09. The first-order valence-electron chi connectivity index (χ1n) is 9.38. The SMILES string of the molecule is CC(NC(=O)c1cccc(Br)c1)c1nc2ccccc2n1Cc1ccc(Cl)c(Cl)c1. The summed E-state index contributed by atoms with van der Waals surface area (Å²) in [7, 11) is 0.